The lowest BCUT2D eigenvalue weighted by atomic mass is 9.97. The van der Waals surface area contributed by atoms with Gasteiger partial charge in [0.25, 0.3) is 0 Å². The van der Waals surface area contributed by atoms with E-state index in [1.807, 2.05) is 19.1 Å². The number of halogens is 1. The lowest BCUT2D eigenvalue weighted by molar-refractivity contribution is 0.342. The first-order chi connectivity index (χ1) is 11.7. The molecule has 3 aromatic rings. The van der Waals surface area contributed by atoms with E-state index in [0.29, 0.717) is 35.4 Å². The van der Waals surface area contributed by atoms with Gasteiger partial charge in [-0.2, -0.15) is 0 Å². The Balaban J connectivity index is 2.20. The highest BCUT2D eigenvalue weighted by atomic mass is 19.1. The third kappa shape index (κ3) is 3.11. The largest absolute Gasteiger partial charge is 0.330 e. The van der Waals surface area contributed by atoms with Gasteiger partial charge in [-0.25, -0.2) is 14.2 Å². The molecule has 3 rings (SSSR count). The topological polar surface area (TPSA) is 39.8 Å². The normalized spacial score (nSPS) is 12.1. The Morgan fingerprint density at radius 1 is 1.16 bits per heavy atom. The number of nitrogens with zero attached hydrogens (tertiary/aromatic N) is 3. The molecule has 132 valence electrons. The molecular weight excluding hydrogens is 317 g/mol. The van der Waals surface area contributed by atoms with Crippen LogP contribution in [0.5, 0.6) is 0 Å². The van der Waals surface area contributed by atoms with E-state index in [2.05, 4.69) is 25.8 Å². The van der Waals surface area contributed by atoms with E-state index in [1.165, 1.54) is 4.57 Å². The van der Waals surface area contributed by atoms with Crippen LogP contribution in [0.1, 0.15) is 33.3 Å². The predicted octanol–water partition coefficient (Wildman–Crippen LogP) is 4.15. The summed E-state index contributed by atoms with van der Waals surface area (Å²) in [7, 11) is 1.71. The van der Waals surface area contributed by atoms with E-state index in [0.717, 1.165) is 5.52 Å². The zero-order chi connectivity index (χ0) is 18.4. The van der Waals surface area contributed by atoms with Gasteiger partial charge in [0.2, 0.25) is 0 Å². The fraction of sp³-hybridized carbons (Fsp3) is 0.400. The molecule has 4 nitrogen and oxygen atoms in total. The molecule has 0 amide bonds. The monoisotopic (exact) mass is 341 g/mol. The van der Waals surface area contributed by atoms with E-state index >= 15 is 0 Å². The number of rotatable bonds is 3. The fourth-order valence-electron chi connectivity index (χ4n) is 3.10. The first-order valence-corrected chi connectivity index (χ1v) is 8.57. The molecule has 0 radical (unpaired) electrons. The quantitative estimate of drug-likeness (QED) is 0.718. The van der Waals surface area contributed by atoms with Crippen molar-refractivity contribution in [3.8, 4) is 11.3 Å². The van der Waals surface area contributed by atoms with Crippen molar-refractivity contribution in [3.63, 3.8) is 0 Å². The Morgan fingerprint density at radius 2 is 1.88 bits per heavy atom. The van der Waals surface area contributed by atoms with E-state index in [4.69, 9.17) is 0 Å². The molecule has 0 atom stereocenters. The Hall–Kier alpha value is -2.43. The van der Waals surface area contributed by atoms with E-state index in [1.54, 1.807) is 29.8 Å². The smallest absolute Gasteiger partial charge is 0.290 e. The van der Waals surface area contributed by atoms with Gasteiger partial charge in [0.1, 0.15) is 5.82 Å². The maximum Gasteiger partial charge on any atom is 0.330 e. The molecule has 25 heavy (non-hydrogen) atoms. The second-order valence-electron chi connectivity index (χ2n) is 7.66. The molecule has 0 N–H and O–H groups in total. The average Bonchev–Trinajstić information content (AvgIpc) is 2.78. The van der Waals surface area contributed by atoms with Crippen molar-refractivity contribution >= 4 is 11.2 Å². The van der Waals surface area contributed by atoms with Crippen LogP contribution < -0.4 is 5.69 Å². The van der Waals surface area contributed by atoms with Crippen LogP contribution in [0.3, 0.4) is 0 Å². The lowest BCUT2D eigenvalue weighted by Gasteiger charge is -2.18. The molecule has 2 aromatic heterocycles. The summed E-state index contributed by atoms with van der Waals surface area (Å²) in [6, 6.07) is 9.01. The van der Waals surface area contributed by atoms with Crippen molar-refractivity contribution in [3.05, 3.63) is 52.2 Å². The average molecular weight is 341 g/mol. The van der Waals surface area contributed by atoms with Gasteiger partial charge in [-0.1, -0.05) is 39.8 Å². The van der Waals surface area contributed by atoms with Crippen LogP contribution >= 0.6 is 0 Å². The summed E-state index contributed by atoms with van der Waals surface area (Å²) in [6.45, 7) is 8.79. The number of hydrogen-bond acceptors (Lipinski definition) is 2. The number of pyridine rings is 1. The first-order valence-electron chi connectivity index (χ1n) is 8.57. The second-order valence-corrected chi connectivity index (χ2v) is 7.66. The van der Waals surface area contributed by atoms with Crippen molar-refractivity contribution in [1.82, 2.24) is 14.1 Å². The summed E-state index contributed by atoms with van der Waals surface area (Å²) >= 11 is 0. The number of fused-ring (bicyclic) bond motifs is 1. The Bertz CT molecular complexity index is 993. The van der Waals surface area contributed by atoms with Gasteiger partial charge >= 0.3 is 5.69 Å². The molecule has 0 aliphatic heterocycles. The molecule has 0 saturated heterocycles. The molecule has 2 heterocycles. The summed E-state index contributed by atoms with van der Waals surface area (Å²) in [4.78, 5) is 17.2. The van der Waals surface area contributed by atoms with E-state index < -0.39 is 0 Å². The molecule has 0 unspecified atom stereocenters. The third-order valence-electron chi connectivity index (χ3n) is 4.35. The van der Waals surface area contributed by atoms with E-state index in [9.17, 15) is 9.18 Å². The highest BCUT2D eigenvalue weighted by molar-refractivity contribution is 5.76. The van der Waals surface area contributed by atoms with Gasteiger partial charge in [0, 0.05) is 19.2 Å². The Kier molecular flexibility index (Phi) is 4.27. The molecule has 5 heteroatoms. The zero-order valence-electron chi connectivity index (χ0n) is 15.4. The molecular formula is C20H24FN3O. The maximum atomic E-state index is 14.7. The van der Waals surface area contributed by atoms with Gasteiger partial charge in [-0.05, 0) is 35.6 Å². The van der Waals surface area contributed by atoms with Crippen LogP contribution in [-0.4, -0.2) is 14.1 Å². The standard InChI is InChI=1S/C20H24FN3O/c1-6-13-8-7-9-14(17(13)21)15-10-11-16-18(22-15)23(5)19(25)24(16)12-20(2,3)4/h7-11H,6,12H2,1-5H3. The maximum absolute atomic E-state index is 14.7. The highest BCUT2D eigenvalue weighted by Gasteiger charge is 2.19. The predicted molar refractivity (Wildman–Crippen MR) is 99.2 cm³/mol. The minimum Gasteiger partial charge on any atom is -0.290 e. The fourth-order valence-corrected chi connectivity index (χ4v) is 3.10. The lowest BCUT2D eigenvalue weighted by Crippen LogP contribution is -2.27. The van der Waals surface area contributed by atoms with Crippen molar-refractivity contribution in [2.24, 2.45) is 12.5 Å². The van der Waals surface area contributed by atoms with Gasteiger partial charge in [0.05, 0.1) is 11.2 Å². The molecule has 0 fully saturated rings. The minimum absolute atomic E-state index is 0.0294. The van der Waals surface area contributed by atoms with Gasteiger partial charge in [-0.3, -0.25) is 9.13 Å². The van der Waals surface area contributed by atoms with Crippen LogP contribution in [0.2, 0.25) is 0 Å². The SMILES string of the molecule is CCc1cccc(-c2ccc3c(n2)n(C)c(=O)n3CC(C)(C)C)c1F. The van der Waals surface area contributed by atoms with Crippen molar-refractivity contribution < 1.29 is 4.39 Å². The number of aryl methyl sites for hydroxylation is 2. The number of aromatic nitrogens is 3. The Labute approximate surface area is 146 Å². The summed E-state index contributed by atoms with van der Waals surface area (Å²) in [5.74, 6) is -0.240. The van der Waals surface area contributed by atoms with Gasteiger partial charge in [0.15, 0.2) is 5.65 Å². The molecule has 0 aliphatic carbocycles. The van der Waals surface area contributed by atoms with Crippen LogP contribution in [-0.2, 0) is 20.0 Å². The molecule has 0 aliphatic rings. The first kappa shape index (κ1) is 17.4. The summed E-state index contributed by atoms with van der Waals surface area (Å²) in [6.07, 6.45) is 0.627. The molecule has 1 aromatic carbocycles. The minimum atomic E-state index is -0.240. The van der Waals surface area contributed by atoms with Crippen molar-refractivity contribution in [2.75, 3.05) is 0 Å². The molecule has 0 saturated carbocycles. The van der Waals surface area contributed by atoms with Crippen LogP contribution in [0.25, 0.3) is 22.4 Å². The zero-order valence-corrected chi connectivity index (χ0v) is 15.4. The number of hydrogen-bond donors (Lipinski definition) is 0. The molecule has 0 bridgehead atoms. The third-order valence-corrected chi connectivity index (χ3v) is 4.35. The Morgan fingerprint density at radius 3 is 2.52 bits per heavy atom. The van der Waals surface area contributed by atoms with E-state index in [-0.39, 0.29) is 16.9 Å². The van der Waals surface area contributed by atoms with Crippen LogP contribution in [0.15, 0.2) is 35.1 Å². The number of imidazole rings is 1. The van der Waals surface area contributed by atoms with Gasteiger partial charge in [-0.15, -0.1) is 0 Å². The summed E-state index contributed by atoms with van der Waals surface area (Å²) < 4.78 is 17.9. The van der Waals surface area contributed by atoms with Gasteiger partial charge < -0.3 is 0 Å². The summed E-state index contributed by atoms with van der Waals surface area (Å²) in [5.41, 5.74) is 2.90. The highest BCUT2D eigenvalue weighted by Crippen LogP contribution is 2.26. The van der Waals surface area contributed by atoms with Crippen LogP contribution in [0, 0.1) is 11.2 Å². The van der Waals surface area contributed by atoms with Crippen molar-refractivity contribution in [2.45, 2.75) is 40.7 Å². The summed E-state index contributed by atoms with van der Waals surface area (Å²) in [5, 5.41) is 0. The van der Waals surface area contributed by atoms with Crippen LogP contribution in [0.4, 0.5) is 4.39 Å². The number of benzene rings is 1. The van der Waals surface area contributed by atoms with Crippen molar-refractivity contribution in [1.29, 1.82) is 0 Å². The molecule has 0 spiro atoms. The second kappa shape index (κ2) is 6.14.